The van der Waals surface area contributed by atoms with Gasteiger partial charge in [0.05, 0.1) is 11.1 Å². The maximum Gasteiger partial charge on any atom is 0.266 e. The van der Waals surface area contributed by atoms with Crippen LogP contribution in [0.25, 0.3) is 0 Å². The first-order chi connectivity index (χ1) is 7.29. The van der Waals surface area contributed by atoms with Gasteiger partial charge in [-0.05, 0) is 6.92 Å². The van der Waals surface area contributed by atoms with Gasteiger partial charge in [-0.25, -0.2) is 17.2 Å². The van der Waals surface area contributed by atoms with E-state index in [0.29, 0.717) is 0 Å². The van der Waals surface area contributed by atoms with Crippen LogP contribution in [-0.2, 0) is 9.05 Å². The molecular weight excluding hydrogens is 262 g/mol. The molecule has 0 saturated heterocycles. The van der Waals surface area contributed by atoms with Crippen LogP contribution in [0, 0.1) is 18.3 Å². The lowest BCUT2D eigenvalue weighted by Gasteiger charge is -2.09. The van der Waals surface area contributed by atoms with E-state index in [1.165, 1.54) is 13.0 Å². The Morgan fingerprint density at radius 1 is 1.56 bits per heavy atom. The zero-order valence-corrected chi connectivity index (χ0v) is 9.48. The Balaban J connectivity index is 3.79. The number of rotatable bonds is 2. The standard InChI is InChI=1S/C8H5ClF2N2O2S/c1-4-6(8(10)11)7(16(9,14)15)5(2-12)3-13-4/h3,8H,1H3. The van der Waals surface area contributed by atoms with Crippen molar-refractivity contribution < 1.29 is 17.2 Å². The summed E-state index contributed by atoms with van der Waals surface area (Å²) in [4.78, 5) is 2.66. The van der Waals surface area contributed by atoms with Crippen LogP contribution in [0.15, 0.2) is 11.1 Å². The Hall–Kier alpha value is -1.26. The van der Waals surface area contributed by atoms with Crippen LogP contribution in [0.2, 0.25) is 0 Å². The number of nitriles is 1. The van der Waals surface area contributed by atoms with Gasteiger partial charge < -0.3 is 0 Å². The number of pyridine rings is 1. The van der Waals surface area contributed by atoms with Gasteiger partial charge in [0.1, 0.15) is 11.0 Å². The van der Waals surface area contributed by atoms with Crippen molar-refractivity contribution in [2.24, 2.45) is 0 Å². The van der Waals surface area contributed by atoms with Crippen LogP contribution >= 0.6 is 10.7 Å². The van der Waals surface area contributed by atoms with Gasteiger partial charge in [0, 0.05) is 22.6 Å². The zero-order chi connectivity index (χ0) is 12.5. The third-order valence-electron chi connectivity index (χ3n) is 1.85. The number of alkyl halides is 2. The molecule has 0 saturated carbocycles. The molecule has 0 aliphatic heterocycles. The van der Waals surface area contributed by atoms with Crippen molar-refractivity contribution in [1.29, 1.82) is 5.26 Å². The Morgan fingerprint density at radius 2 is 2.12 bits per heavy atom. The number of hydrogen-bond donors (Lipinski definition) is 0. The first kappa shape index (κ1) is 12.8. The van der Waals surface area contributed by atoms with Gasteiger partial charge in [0.15, 0.2) is 0 Å². The van der Waals surface area contributed by atoms with Crippen LogP contribution in [0.1, 0.15) is 23.2 Å². The van der Waals surface area contributed by atoms with Crippen molar-refractivity contribution in [3.8, 4) is 6.07 Å². The van der Waals surface area contributed by atoms with Gasteiger partial charge >= 0.3 is 0 Å². The summed E-state index contributed by atoms with van der Waals surface area (Å²) in [5, 5.41) is 8.62. The maximum atomic E-state index is 12.7. The van der Waals surface area contributed by atoms with Crippen molar-refractivity contribution in [2.75, 3.05) is 0 Å². The van der Waals surface area contributed by atoms with Gasteiger partial charge in [0.2, 0.25) is 0 Å². The normalized spacial score (nSPS) is 11.5. The summed E-state index contributed by atoms with van der Waals surface area (Å²) in [6.45, 7) is 1.22. The first-order valence-electron chi connectivity index (χ1n) is 3.91. The first-order valence-corrected chi connectivity index (χ1v) is 6.22. The molecule has 1 aromatic heterocycles. The lowest BCUT2D eigenvalue weighted by atomic mass is 10.1. The maximum absolute atomic E-state index is 12.7. The van der Waals surface area contributed by atoms with Crippen molar-refractivity contribution in [3.63, 3.8) is 0 Å². The minimum atomic E-state index is -4.41. The molecule has 0 spiro atoms. The molecule has 0 fully saturated rings. The molecule has 86 valence electrons. The van der Waals surface area contributed by atoms with Gasteiger partial charge in [0.25, 0.3) is 15.5 Å². The number of hydrogen-bond acceptors (Lipinski definition) is 4. The van der Waals surface area contributed by atoms with Crippen molar-refractivity contribution in [2.45, 2.75) is 18.2 Å². The summed E-state index contributed by atoms with van der Waals surface area (Å²) in [5.41, 5.74) is -1.49. The minimum Gasteiger partial charge on any atom is -0.260 e. The van der Waals surface area contributed by atoms with Gasteiger partial charge in [-0.3, -0.25) is 4.98 Å². The van der Waals surface area contributed by atoms with Crippen molar-refractivity contribution in [3.05, 3.63) is 23.0 Å². The van der Waals surface area contributed by atoms with E-state index < -0.39 is 31.5 Å². The van der Waals surface area contributed by atoms with Crippen LogP contribution in [-0.4, -0.2) is 13.4 Å². The van der Waals surface area contributed by atoms with Crippen molar-refractivity contribution >= 4 is 19.7 Å². The fourth-order valence-corrected chi connectivity index (χ4v) is 2.56. The highest BCUT2D eigenvalue weighted by molar-refractivity contribution is 8.13. The second-order valence-corrected chi connectivity index (χ2v) is 5.35. The lowest BCUT2D eigenvalue weighted by molar-refractivity contribution is 0.146. The topological polar surface area (TPSA) is 70.8 Å². The highest BCUT2D eigenvalue weighted by atomic mass is 35.7. The molecule has 16 heavy (non-hydrogen) atoms. The molecule has 4 nitrogen and oxygen atoms in total. The Kier molecular flexibility index (Phi) is 3.45. The van der Waals surface area contributed by atoms with E-state index in [2.05, 4.69) is 4.98 Å². The molecule has 1 rings (SSSR count). The summed E-state index contributed by atoms with van der Waals surface area (Å²) >= 11 is 0. The van der Waals surface area contributed by atoms with Crippen molar-refractivity contribution in [1.82, 2.24) is 4.98 Å². The van der Waals surface area contributed by atoms with Crippen LogP contribution in [0.4, 0.5) is 8.78 Å². The second kappa shape index (κ2) is 4.31. The summed E-state index contributed by atoms with van der Waals surface area (Å²) in [5.74, 6) is 0. The molecule has 0 amide bonds. The zero-order valence-electron chi connectivity index (χ0n) is 7.91. The number of halogens is 3. The van der Waals surface area contributed by atoms with E-state index in [-0.39, 0.29) is 5.69 Å². The van der Waals surface area contributed by atoms with E-state index >= 15 is 0 Å². The number of aromatic nitrogens is 1. The molecule has 0 aromatic carbocycles. The molecule has 0 bridgehead atoms. The van der Waals surface area contributed by atoms with E-state index in [0.717, 1.165) is 6.20 Å². The van der Waals surface area contributed by atoms with E-state index in [1.807, 2.05) is 0 Å². The molecular formula is C8H5ClF2N2O2S. The fourth-order valence-electron chi connectivity index (χ4n) is 1.20. The monoisotopic (exact) mass is 266 g/mol. The third kappa shape index (κ3) is 2.28. The molecule has 0 aliphatic rings. The van der Waals surface area contributed by atoms with E-state index in [1.54, 1.807) is 0 Å². The Morgan fingerprint density at radius 3 is 2.50 bits per heavy atom. The SMILES string of the molecule is Cc1ncc(C#N)c(S(=O)(=O)Cl)c1C(F)F. The average Bonchev–Trinajstić information content (AvgIpc) is 2.15. The highest BCUT2D eigenvalue weighted by Crippen LogP contribution is 2.32. The number of aryl methyl sites for hydroxylation is 1. The molecule has 0 aliphatic carbocycles. The van der Waals surface area contributed by atoms with Crippen LogP contribution < -0.4 is 0 Å². The van der Waals surface area contributed by atoms with Crippen LogP contribution in [0.3, 0.4) is 0 Å². The summed E-state index contributed by atoms with van der Waals surface area (Å²) in [7, 11) is 0.610. The average molecular weight is 267 g/mol. The third-order valence-corrected chi connectivity index (χ3v) is 3.24. The van der Waals surface area contributed by atoms with Gasteiger partial charge in [-0.15, -0.1) is 0 Å². The van der Waals surface area contributed by atoms with Gasteiger partial charge in [-0.2, -0.15) is 5.26 Å². The molecule has 1 heterocycles. The molecule has 0 radical (unpaired) electrons. The lowest BCUT2D eigenvalue weighted by Crippen LogP contribution is -2.06. The van der Waals surface area contributed by atoms with Gasteiger partial charge in [-0.1, -0.05) is 0 Å². The summed E-state index contributed by atoms with van der Waals surface area (Å²) < 4.78 is 47.6. The highest BCUT2D eigenvalue weighted by Gasteiger charge is 2.28. The predicted octanol–water partition coefficient (Wildman–Crippen LogP) is 2.13. The second-order valence-electron chi connectivity index (χ2n) is 2.85. The largest absolute Gasteiger partial charge is 0.266 e. The molecule has 0 atom stereocenters. The smallest absolute Gasteiger partial charge is 0.260 e. The van der Waals surface area contributed by atoms with E-state index in [9.17, 15) is 17.2 Å². The quantitative estimate of drug-likeness (QED) is 0.769. The molecule has 0 unspecified atom stereocenters. The van der Waals surface area contributed by atoms with E-state index in [4.69, 9.17) is 15.9 Å². The molecule has 1 aromatic rings. The minimum absolute atomic E-state index is 0.173. The fraction of sp³-hybridized carbons (Fsp3) is 0.250. The summed E-state index contributed by atoms with van der Waals surface area (Å²) in [6, 6.07) is 1.47. The molecule has 8 heteroatoms. The Labute approximate surface area is 94.9 Å². The molecule has 0 N–H and O–H groups in total. The Bertz CT molecular complexity index is 566. The van der Waals surface area contributed by atoms with Crippen LogP contribution in [0.5, 0.6) is 0 Å². The number of nitrogens with zero attached hydrogens (tertiary/aromatic N) is 2. The predicted molar refractivity (Wildman–Crippen MR) is 51.7 cm³/mol. The summed E-state index contributed by atoms with van der Waals surface area (Å²) in [6.07, 6.45) is -2.17.